The standard InChI is InChI=1S/C15H22O4/c1-10(7-13(17)18)5-6-15(19)11(2)8-12(16)9-14(15,3)4/h5-7,12,16,19H,2,8-9H2,1,3-4H3,(H,17,18)/b6-5+,10-7-/t12-,15-/m1/s1. The quantitative estimate of drug-likeness (QED) is 0.415. The van der Waals surface area contributed by atoms with Crippen LogP contribution < -0.4 is 0 Å². The molecule has 1 aliphatic rings. The van der Waals surface area contributed by atoms with E-state index >= 15 is 0 Å². The minimum Gasteiger partial charge on any atom is -0.478 e. The third kappa shape index (κ3) is 3.33. The molecule has 106 valence electrons. The molecule has 0 saturated heterocycles. The first-order valence-corrected chi connectivity index (χ1v) is 6.27. The number of allylic oxidation sites excluding steroid dienone is 2. The molecule has 0 unspecified atom stereocenters. The Morgan fingerprint density at radius 1 is 1.47 bits per heavy atom. The van der Waals surface area contributed by atoms with Crippen molar-refractivity contribution < 1.29 is 20.1 Å². The molecule has 1 saturated carbocycles. The highest BCUT2D eigenvalue weighted by Crippen LogP contribution is 2.47. The molecular formula is C15H22O4. The van der Waals surface area contributed by atoms with Crippen molar-refractivity contribution in [2.45, 2.75) is 45.3 Å². The summed E-state index contributed by atoms with van der Waals surface area (Å²) in [6, 6.07) is 0. The SMILES string of the molecule is C=C1C[C@@H](O)CC(C)(C)[C@@]1(O)/C=C/C(C)=C\C(=O)O. The van der Waals surface area contributed by atoms with E-state index in [2.05, 4.69) is 6.58 Å². The smallest absolute Gasteiger partial charge is 0.328 e. The van der Waals surface area contributed by atoms with E-state index in [4.69, 9.17) is 5.11 Å². The second kappa shape index (κ2) is 5.31. The number of aliphatic carboxylic acids is 1. The number of carbonyl (C=O) groups is 1. The Labute approximate surface area is 113 Å². The molecule has 1 aliphatic carbocycles. The Morgan fingerprint density at radius 2 is 2.05 bits per heavy atom. The summed E-state index contributed by atoms with van der Waals surface area (Å²) in [6.45, 7) is 9.23. The fourth-order valence-corrected chi connectivity index (χ4v) is 2.57. The molecule has 0 amide bonds. The average molecular weight is 266 g/mol. The van der Waals surface area contributed by atoms with E-state index in [0.29, 0.717) is 24.0 Å². The summed E-state index contributed by atoms with van der Waals surface area (Å²) >= 11 is 0. The molecule has 0 heterocycles. The number of aliphatic hydroxyl groups is 2. The Balaban J connectivity index is 3.05. The maximum atomic E-state index is 10.8. The summed E-state index contributed by atoms with van der Waals surface area (Å²) in [5.74, 6) is -1.02. The van der Waals surface area contributed by atoms with Gasteiger partial charge >= 0.3 is 5.97 Å². The van der Waals surface area contributed by atoms with Crippen molar-refractivity contribution in [1.82, 2.24) is 0 Å². The van der Waals surface area contributed by atoms with E-state index in [0.717, 1.165) is 6.08 Å². The van der Waals surface area contributed by atoms with Gasteiger partial charge in [0.15, 0.2) is 0 Å². The van der Waals surface area contributed by atoms with Gasteiger partial charge in [-0.15, -0.1) is 0 Å². The van der Waals surface area contributed by atoms with Gasteiger partial charge in [-0.2, -0.15) is 0 Å². The maximum absolute atomic E-state index is 10.8. The normalized spacial score (nSPS) is 31.7. The highest BCUT2D eigenvalue weighted by molar-refractivity contribution is 5.81. The number of aliphatic hydroxyl groups excluding tert-OH is 1. The highest BCUT2D eigenvalue weighted by Gasteiger charge is 2.48. The van der Waals surface area contributed by atoms with E-state index in [1.165, 1.54) is 0 Å². The lowest BCUT2D eigenvalue weighted by Crippen LogP contribution is -2.50. The van der Waals surface area contributed by atoms with Crippen molar-refractivity contribution in [2.24, 2.45) is 5.41 Å². The molecule has 0 aliphatic heterocycles. The van der Waals surface area contributed by atoms with Crippen molar-refractivity contribution in [2.75, 3.05) is 0 Å². The molecule has 1 rings (SSSR count). The lowest BCUT2D eigenvalue weighted by Gasteiger charge is -2.47. The number of hydrogen-bond donors (Lipinski definition) is 3. The molecule has 4 heteroatoms. The average Bonchev–Trinajstić information content (AvgIpc) is 2.21. The predicted octanol–water partition coefficient (Wildman–Crippen LogP) is 2.04. The van der Waals surface area contributed by atoms with E-state index in [9.17, 15) is 15.0 Å². The molecule has 0 spiro atoms. The van der Waals surface area contributed by atoms with Crippen molar-refractivity contribution in [3.05, 3.63) is 36.0 Å². The van der Waals surface area contributed by atoms with Crippen molar-refractivity contribution in [1.29, 1.82) is 0 Å². The van der Waals surface area contributed by atoms with E-state index in [1.807, 2.05) is 13.8 Å². The van der Waals surface area contributed by atoms with Crippen molar-refractivity contribution in [3.8, 4) is 0 Å². The molecule has 4 nitrogen and oxygen atoms in total. The van der Waals surface area contributed by atoms with Gasteiger partial charge < -0.3 is 15.3 Å². The summed E-state index contributed by atoms with van der Waals surface area (Å²) in [4.78, 5) is 10.6. The maximum Gasteiger partial charge on any atom is 0.328 e. The van der Waals surface area contributed by atoms with Gasteiger partial charge in [-0.25, -0.2) is 4.79 Å². The largest absolute Gasteiger partial charge is 0.478 e. The van der Waals surface area contributed by atoms with Gasteiger partial charge in [-0.05, 0) is 37.0 Å². The fraction of sp³-hybridized carbons (Fsp3) is 0.533. The summed E-state index contributed by atoms with van der Waals surface area (Å²) < 4.78 is 0. The third-order valence-corrected chi connectivity index (χ3v) is 3.74. The number of rotatable bonds is 3. The van der Waals surface area contributed by atoms with Crippen LogP contribution in [0.1, 0.15) is 33.6 Å². The van der Waals surface area contributed by atoms with Crippen LogP contribution in [0.25, 0.3) is 0 Å². The van der Waals surface area contributed by atoms with E-state index in [-0.39, 0.29) is 0 Å². The minimum absolute atomic E-state index is 0.353. The summed E-state index contributed by atoms with van der Waals surface area (Å²) in [5.41, 5.74) is -0.701. The van der Waals surface area contributed by atoms with Gasteiger partial charge in [0.25, 0.3) is 0 Å². The van der Waals surface area contributed by atoms with Crippen LogP contribution >= 0.6 is 0 Å². The summed E-state index contributed by atoms with van der Waals surface area (Å²) in [7, 11) is 0. The molecule has 0 aromatic rings. The molecule has 0 aromatic heterocycles. The molecule has 1 fully saturated rings. The number of hydrogen-bond acceptors (Lipinski definition) is 3. The van der Waals surface area contributed by atoms with Crippen LogP contribution in [0.5, 0.6) is 0 Å². The van der Waals surface area contributed by atoms with Crippen LogP contribution in [-0.4, -0.2) is 33.0 Å². The molecule has 0 bridgehead atoms. The summed E-state index contributed by atoms with van der Waals surface area (Å²) in [6.07, 6.45) is 4.56. The van der Waals surface area contributed by atoms with Gasteiger partial charge in [0.2, 0.25) is 0 Å². The van der Waals surface area contributed by atoms with Gasteiger partial charge in [0.1, 0.15) is 5.60 Å². The van der Waals surface area contributed by atoms with E-state index in [1.54, 1.807) is 19.1 Å². The van der Waals surface area contributed by atoms with Crippen LogP contribution in [-0.2, 0) is 4.79 Å². The first-order valence-electron chi connectivity index (χ1n) is 6.27. The van der Waals surface area contributed by atoms with Crippen molar-refractivity contribution in [3.63, 3.8) is 0 Å². The van der Waals surface area contributed by atoms with Crippen LogP contribution in [0.2, 0.25) is 0 Å². The zero-order chi connectivity index (χ0) is 14.8. The second-order valence-electron chi connectivity index (χ2n) is 5.88. The Morgan fingerprint density at radius 3 is 2.53 bits per heavy atom. The Hall–Kier alpha value is -1.39. The van der Waals surface area contributed by atoms with Gasteiger partial charge in [0, 0.05) is 11.5 Å². The number of carboxylic acids is 1. The first-order chi connectivity index (χ1) is 8.58. The third-order valence-electron chi connectivity index (χ3n) is 3.74. The molecular weight excluding hydrogens is 244 g/mol. The topological polar surface area (TPSA) is 77.8 Å². The molecule has 2 atom stereocenters. The predicted molar refractivity (Wildman–Crippen MR) is 73.6 cm³/mol. The molecule has 0 aromatic carbocycles. The van der Waals surface area contributed by atoms with Crippen LogP contribution in [0, 0.1) is 5.41 Å². The lowest BCUT2D eigenvalue weighted by atomic mass is 9.62. The van der Waals surface area contributed by atoms with Crippen LogP contribution in [0.3, 0.4) is 0 Å². The first kappa shape index (κ1) is 15.7. The molecule has 0 radical (unpaired) electrons. The van der Waals surface area contributed by atoms with E-state index < -0.39 is 23.1 Å². The lowest BCUT2D eigenvalue weighted by molar-refractivity contribution is -0.131. The van der Waals surface area contributed by atoms with Gasteiger partial charge in [0.05, 0.1) is 6.10 Å². The highest BCUT2D eigenvalue weighted by atomic mass is 16.4. The zero-order valence-corrected chi connectivity index (χ0v) is 11.7. The fourth-order valence-electron chi connectivity index (χ4n) is 2.57. The Bertz CT molecular complexity index is 445. The van der Waals surface area contributed by atoms with Crippen molar-refractivity contribution >= 4 is 5.97 Å². The zero-order valence-electron chi connectivity index (χ0n) is 11.7. The monoisotopic (exact) mass is 266 g/mol. The molecule has 3 N–H and O–H groups in total. The number of carboxylic acid groups (broad SMARTS) is 1. The Kier molecular flexibility index (Phi) is 4.38. The molecule has 19 heavy (non-hydrogen) atoms. The summed E-state index contributed by atoms with van der Waals surface area (Å²) in [5, 5.41) is 29.2. The van der Waals surface area contributed by atoms with Gasteiger partial charge in [-0.1, -0.05) is 26.5 Å². The minimum atomic E-state index is -1.24. The second-order valence-corrected chi connectivity index (χ2v) is 5.88. The van der Waals surface area contributed by atoms with Crippen LogP contribution in [0.4, 0.5) is 0 Å². The van der Waals surface area contributed by atoms with Crippen LogP contribution in [0.15, 0.2) is 36.0 Å². The van der Waals surface area contributed by atoms with Gasteiger partial charge in [-0.3, -0.25) is 0 Å².